The zero-order valence-corrected chi connectivity index (χ0v) is 24.8. The molecule has 5 atom stereocenters. The fourth-order valence-corrected chi connectivity index (χ4v) is 7.23. The molecule has 3 N–H and O–H groups in total. The van der Waals surface area contributed by atoms with Crippen LogP contribution in [-0.2, 0) is 14.9 Å². The van der Waals surface area contributed by atoms with E-state index in [2.05, 4.69) is 98.8 Å². The van der Waals surface area contributed by atoms with Crippen LogP contribution in [0.25, 0.3) is 0 Å². The molecule has 0 aromatic heterocycles. The molecule has 1 saturated carbocycles. The first-order valence-electron chi connectivity index (χ1n) is 14.2. The zero-order valence-electron chi connectivity index (χ0n) is 24.0. The molecule has 6 heteroatoms. The quantitative estimate of drug-likeness (QED) is 0.323. The molecular formula is C34H39N3O2S. The van der Waals surface area contributed by atoms with Crippen LogP contribution >= 0.6 is 11.8 Å². The van der Waals surface area contributed by atoms with Gasteiger partial charge in [-0.05, 0) is 47.9 Å². The molecule has 2 aromatic rings. The summed E-state index contributed by atoms with van der Waals surface area (Å²) < 4.78 is 6.87. The molecule has 40 heavy (non-hydrogen) atoms. The van der Waals surface area contributed by atoms with E-state index in [1.54, 1.807) is 11.8 Å². The Kier molecular flexibility index (Phi) is 6.65. The second-order valence-corrected chi connectivity index (χ2v) is 13.8. The molecule has 2 aliphatic carbocycles. The number of hydrogen-bond donors (Lipinski definition) is 3. The molecule has 0 radical (unpaired) electrons. The van der Waals surface area contributed by atoms with E-state index >= 15 is 0 Å². The molecule has 6 rings (SSSR count). The molecule has 5 unspecified atom stereocenters. The monoisotopic (exact) mass is 553 g/mol. The highest BCUT2D eigenvalue weighted by Gasteiger charge is 2.60. The lowest BCUT2D eigenvalue weighted by atomic mass is 9.84. The number of amides is 1. The van der Waals surface area contributed by atoms with Crippen molar-refractivity contribution < 1.29 is 9.53 Å². The van der Waals surface area contributed by atoms with Gasteiger partial charge >= 0.3 is 0 Å². The maximum atomic E-state index is 14.1. The standard InChI is InChI=1S/C34H39N3O2S/c1-20(2)35-25-10-9-17-34(19-24(34)18-25)30-28(31(38)37-32-36-26-11-7-8-12-27(26)40-32)21(3)29(39-30)22-13-15-23(16-14-22)33(4,5)6/h7-9,11-18,21,24,29,32,35-36H,1,10,19H2,2-6H3,(H,37,38). The van der Waals surface area contributed by atoms with Gasteiger partial charge in [-0.2, -0.15) is 0 Å². The number of anilines is 1. The van der Waals surface area contributed by atoms with Crippen molar-refractivity contribution in [1.29, 1.82) is 0 Å². The van der Waals surface area contributed by atoms with Crippen molar-refractivity contribution in [2.45, 2.75) is 69.4 Å². The van der Waals surface area contributed by atoms with E-state index in [9.17, 15) is 4.79 Å². The summed E-state index contributed by atoms with van der Waals surface area (Å²) in [7, 11) is 0. The van der Waals surface area contributed by atoms with E-state index in [1.165, 1.54) is 5.56 Å². The van der Waals surface area contributed by atoms with Crippen molar-refractivity contribution in [2.24, 2.45) is 17.3 Å². The van der Waals surface area contributed by atoms with Gasteiger partial charge in [0.1, 0.15) is 11.9 Å². The Balaban J connectivity index is 1.32. The highest BCUT2D eigenvalue weighted by molar-refractivity contribution is 8.00. The summed E-state index contributed by atoms with van der Waals surface area (Å²) in [6.45, 7) is 14.8. The van der Waals surface area contributed by atoms with Crippen molar-refractivity contribution in [3.63, 3.8) is 0 Å². The van der Waals surface area contributed by atoms with Crippen LogP contribution in [0.4, 0.5) is 5.69 Å². The Hall–Kier alpha value is -3.38. The minimum absolute atomic E-state index is 0.0592. The van der Waals surface area contributed by atoms with Gasteiger partial charge in [0.25, 0.3) is 5.91 Å². The molecule has 0 spiro atoms. The number of thioether (sulfide) groups is 1. The first kappa shape index (κ1) is 26.8. The summed E-state index contributed by atoms with van der Waals surface area (Å²) in [5, 5.41) is 10.1. The number of ether oxygens (including phenoxy) is 1. The van der Waals surface area contributed by atoms with Crippen molar-refractivity contribution in [2.75, 3.05) is 5.32 Å². The first-order chi connectivity index (χ1) is 19.0. The highest BCUT2D eigenvalue weighted by atomic mass is 32.2. The van der Waals surface area contributed by atoms with Crippen LogP contribution in [0.5, 0.6) is 0 Å². The van der Waals surface area contributed by atoms with Crippen LogP contribution in [0.15, 0.2) is 101 Å². The molecule has 1 fully saturated rings. The zero-order chi connectivity index (χ0) is 28.2. The molecule has 1 amide bonds. The Morgan fingerprint density at radius 1 is 1.15 bits per heavy atom. The van der Waals surface area contributed by atoms with Crippen molar-refractivity contribution in [3.8, 4) is 0 Å². The van der Waals surface area contributed by atoms with Gasteiger partial charge in [-0.25, -0.2) is 0 Å². The second kappa shape index (κ2) is 9.91. The molecule has 2 aliphatic heterocycles. The van der Waals surface area contributed by atoms with Gasteiger partial charge in [0.2, 0.25) is 0 Å². The first-order valence-corrected chi connectivity index (χ1v) is 15.1. The van der Waals surface area contributed by atoms with Crippen LogP contribution in [0, 0.1) is 17.3 Å². The third-order valence-corrected chi connectivity index (χ3v) is 9.52. The van der Waals surface area contributed by atoms with Crippen molar-refractivity contribution in [1.82, 2.24) is 10.6 Å². The van der Waals surface area contributed by atoms with Gasteiger partial charge in [-0.15, -0.1) is 0 Å². The van der Waals surface area contributed by atoms with Gasteiger partial charge in [-0.3, -0.25) is 4.79 Å². The van der Waals surface area contributed by atoms with Crippen LogP contribution in [-0.4, -0.2) is 11.4 Å². The van der Waals surface area contributed by atoms with Gasteiger partial charge < -0.3 is 20.7 Å². The topological polar surface area (TPSA) is 62.4 Å². The molecule has 4 aliphatic rings. The maximum Gasteiger partial charge on any atom is 0.253 e. The third-order valence-electron chi connectivity index (χ3n) is 8.44. The predicted molar refractivity (Wildman–Crippen MR) is 163 cm³/mol. The summed E-state index contributed by atoms with van der Waals surface area (Å²) in [6, 6.07) is 16.9. The van der Waals surface area contributed by atoms with Crippen LogP contribution in [0.2, 0.25) is 0 Å². The molecule has 5 nitrogen and oxygen atoms in total. The van der Waals surface area contributed by atoms with E-state index < -0.39 is 0 Å². The second-order valence-electron chi connectivity index (χ2n) is 12.6. The number of carbonyl (C=O) groups is 1. The number of nitrogens with one attached hydrogen (secondary N) is 3. The Morgan fingerprint density at radius 3 is 2.60 bits per heavy atom. The van der Waals surface area contributed by atoms with Crippen LogP contribution in [0.1, 0.15) is 64.7 Å². The summed E-state index contributed by atoms with van der Waals surface area (Å²) in [4.78, 5) is 15.2. The highest BCUT2D eigenvalue weighted by Crippen LogP contribution is 2.65. The summed E-state index contributed by atoms with van der Waals surface area (Å²) in [5.74, 6) is 0.963. The number of rotatable bonds is 6. The summed E-state index contributed by atoms with van der Waals surface area (Å²) >= 11 is 1.63. The van der Waals surface area contributed by atoms with E-state index in [0.29, 0.717) is 0 Å². The molecule has 0 saturated heterocycles. The Bertz CT molecular complexity index is 1420. The average molecular weight is 554 g/mol. The van der Waals surface area contributed by atoms with Gasteiger partial charge in [-0.1, -0.05) is 101 Å². The fraction of sp³-hybridized carbons (Fsp3) is 0.382. The SMILES string of the molecule is C=C(C)NC1=CC2CC2(C2=C(C(=O)NC3Nc4ccccc4S3)C(C)C(c3ccc(C(C)(C)C)cc3)O2)C=CC1. The lowest BCUT2D eigenvalue weighted by Gasteiger charge is -2.23. The predicted octanol–water partition coefficient (Wildman–Crippen LogP) is 7.54. The number of carbonyl (C=O) groups excluding carboxylic acids is 1. The molecule has 0 bridgehead atoms. The Morgan fingerprint density at radius 2 is 1.90 bits per heavy atom. The molecule has 208 valence electrons. The van der Waals surface area contributed by atoms with Gasteiger partial charge in [0, 0.05) is 28.6 Å². The molecule has 2 heterocycles. The Labute approximate surface area is 242 Å². The largest absolute Gasteiger partial charge is 0.488 e. The number of fused-ring (bicyclic) bond motifs is 2. The number of hydrogen-bond acceptors (Lipinski definition) is 5. The van der Waals surface area contributed by atoms with E-state index in [-0.39, 0.29) is 40.2 Å². The van der Waals surface area contributed by atoms with Crippen LogP contribution in [0.3, 0.4) is 0 Å². The third kappa shape index (κ3) is 4.87. The van der Waals surface area contributed by atoms with E-state index in [0.717, 1.165) is 51.7 Å². The minimum atomic E-state index is -0.293. The smallest absolute Gasteiger partial charge is 0.253 e. The normalized spacial score (nSPS) is 28.5. The average Bonchev–Trinajstić information content (AvgIpc) is 3.28. The number of para-hydroxylation sites is 1. The maximum absolute atomic E-state index is 14.1. The molecule has 2 aromatic carbocycles. The summed E-state index contributed by atoms with van der Waals surface area (Å²) in [5.41, 5.74) is 5.85. The summed E-state index contributed by atoms with van der Waals surface area (Å²) in [6.07, 6.45) is 8.33. The van der Waals surface area contributed by atoms with E-state index in [1.807, 2.05) is 25.1 Å². The van der Waals surface area contributed by atoms with Crippen molar-refractivity contribution >= 4 is 23.4 Å². The minimum Gasteiger partial charge on any atom is -0.488 e. The van der Waals surface area contributed by atoms with Crippen molar-refractivity contribution in [3.05, 3.63) is 107 Å². The lowest BCUT2D eigenvalue weighted by Crippen LogP contribution is -2.38. The number of allylic oxidation sites excluding steroid dienone is 4. The lowest BCUT2D eigenvalue weighted by molar-refractivity contribution is -0.118. The van der Waals surface area contributed by atoms with Gasteiger partial charge in [0.05, 0.1) is 16.7 Å². The van der Waals surface area contributed by atoms with E-state index in [4.69, 9.17) is 4.74 Å². The van der Waals surface area contributed by atoms with Gasteiger partial charge in [0.15, 0.2) is 5.50 Å². The van der Waals surface area contributed by atoms with Crippen LogP contribution < -0.4 is 16.0 Å². The molecular weight excluding hydrogens is 514 g/mol. The number of benzene rings is 2. The fourth-order valence-electron chi connectivity index (χ4n) is 6.21.